The molecule has 2 N–H and O–H groups in total. The third-order valence-electron chi connectivity index (χ3n) is 5.23. The molecule has 2 aromatic carbocycles. The number of hydrogen-bond donors (Lipinski definition) is 2. The number of H-pyrrole nitrogens is 1. The molecule has 0 radical (unpaired) electrons. The molecule has 1 aromatic heterocycles. The van der Waals surface area contributed by atoms with Crippen LogP contribution in [0.4, 0.5) is 0 Å². The number of hydrogen-bond acceptors (Lipinski definition) is 4. The minimum absolute atomic E-state index is 0.0214. The topological polar surface area (TPSA) is 89.0 Å². The molecule has 7 nitrogen and oxygen atoms in total. The lowest BCUT2D eigenvalue weighted by Crippen LogP contribution is -2.35. The second-order valence-corrected chi connectivity index (χ2v) is 7.39. The quantitative estimate of drug-likeness (QED) is 0.699. The summed E-state index contributed by atoms with van der Waals surface area (Å²) in [4.78, 5) is 24.3. The number of rotatable bonds is 5. The molecule has 1 aliphatic heterocycles. The van der Waals surface area contributed by atoms with Crippen LogP contribution in [0.25, 0.3) is 0 Å². The monoisotopic (exact) mass is 392 g/mol. The van der Waals surface area contributed by atoms with Gasteiger partial charge in [-0.3, -0.25) is 9.36 Å². The Morgan fingerprint density at radius 2 is 1.93 bits per heavy atom. The summed E-state index contributed by atoms with van der Waals surface area (Å²) in [7, 11) is 0. The summed E-state index contributed by atoms with van der Waals surface area (Å²) < 4.78 is 7.43. The lowest BCUT2D eigenvalue weighted by atomic mass is 10.1. The third-order valence-corrected chi connectivity index (χ3v) is 5.23. The predicted octanol–water partition coefficient (Wildman–Crippen LogP) is 2.59. The first kappa shape index (κ1) is 19.0. The van der Waals surface area contributed by atoms with Gasteiger partial charge in [-0.2, -0.15) is 5.10 Å². The van der Waals surface area contributed by atoms with Crippen LogP contribution in [-0.2, 0) is 19.6 Å². The number of carbonyl (C=O) groups excluding carboxylic acids is 1. The first-order valence-electron chi connectivity index (χ1n) is 9.82. The number of fused-ring (bicyclic) bond motifs is 1. The molecular weight excluding hydrogens is 368 g/mol. The van der Waals surface area contributed by atoms with E-state index >= 15 is 0 Å². The second kappa shape index (κ2) is 8.34. The van der Waals surface area contributed by atoms with E-state index < -0.39 is 0 Å². The van der Waals surface area contributed by atoms with Crippen LogP contribution in [0.3, 0.4) is 0 Å². The molecule has 1 unspecified atom stereocenters. The van der Waals surface area contributed by atoms with Crippen molar-refractivity contribution < 1.29 is 9.53 Å². The summed E-state index contributed by atoms with van der Waals surface area (Å²) in [5, 5.41) is 9.60. The molecule has 0 saturated heterocycles. The SMILES string of the molecule is Cc1ccc(OCc2ccc(C(=O)NC3CCc4n[nH]c(=O)n4CC3)cc2)cc1. The fraction of sp³-hybridized carbons (Fsp3) is 0.318. The van der Waals surface area contributed by atoms with Gasteiger partial charge in [-0.1, -0.05) is 29.8 Å². The number of aryl methyl sites for hydroxylation is 2. The molecule has 1 atom stereocenters. The van der Waals surface area contributed by atoms with E-state index in [-0.39, 0.29) is 17.6 Å². The summed E-state index contributed by atoms with van der Waals surface area (Å²) in [5.41, 5.74) is 2.62. The molecule has 0 spiro atoms. The van der Waals surface area contributed by atoms with Gasteiger partial charge in [-0.05, 0) is 49.6 Å². The van der Waals surface area contributed by atoms with E-state index in [0.29, 0.717) is 31.6 Å². The van der Waals surface area contributed by atoms with Crippen LogP contribution in [0, 0.1) is 6.92 Å². The van der Waals surface area contributed by atoms with E-state index in [1.165, 1.54) is 5.56 Å². The van der Waals surface area contributed by atoms with Gasteiger partial charge in [0.05, 0.1) is 0 Å². The Labute approximate surface area is 168 Å². The molecule has 3 aromatic rings. The predicted molar refractivity (Wildman–Crippen MR) is 109 cm³/mol. The number of aromatic nitrogens is 3. The van der Waals surface area contributed by atoms with E-state index in [9.17, 15) is 9.59 Å². The number of nitrogens with zero attached hydrogens (tertiary/aromatic N) is 2. The lowest BCUT2D eigenvalue weighted by Gasteiger charge is -2.16. The largest absolute Gasteiger partial charge is 0.489 e. The number of carbonyl (C=O) groups is 1. The molecule has 0 bridgehead atoms. The van der Waals surface area contributed by atoms with E-state index in [0.717, 1.165) is 23.6 Å². The third kappa shape index (κ3) is 4.56. The van der Waals surface area contributed by atoms with Crippen LogP contribution >= 0.6 is 0 Å². The Morgan fingerprint density at radius 3 is 2.69 bits per heavy atom. The highest BCUT2D eigenvalue weighted by Gasteiger charge is 2.20. The van der Waals surface area contributed by atoms with Crippen LogP contribution in [-0.4, -0.2) is 26.7 Å². The lowest BCUT2D eigenvalue weighted by molar-refractivity contribution is 0.0933. The Bertz CT molecular complexity index is 1040. The molecule has 0 fully saturated rings. The summed E-state index contributed by atoms with van der Waals surface area (Å²) >= 11 is 0. The van der Waals surface area contributed by atoms with Crippen molar-refractivity contribution >= 4 is 5.91 Å². The van der Waals surface area contributed by atoms with Crippen LogP contribution in [0.15, 0.2) is 53.3 Å². The Kier molecular flexibility index (Phi) is 5.46. The second-order valence-electron chi connectivity index (χ2n) is 7.39. The van der Waals surface area contributed by atoms with Crippen molar-refractivity contribution in [1.29, 1.82) is 0 Å². The van der Waals surface area contributed by atoms with Crippen LogP contribution in [0.5, 0.6) is 5.75 Å². The van der Waals surface area contributed by atoms with Gasteiger partial charge in [0.1, 0.15) is 18.2 Å². The Morgan fingerprint density at radius 1 is 1.17 bits per heavy atom. The number of amides is 1. The van der Waals surface area contributed by atoms with Crippen LogP contribution < -0.4 is 15.7 Å². The molecule has 0 aliphatic carbocycles. The van der Waals surface area contributed by atoms with Gasteiger partial charge in [0, 0.05) is 24.6 Å². The number of aromatic amines is 1. The maximum absolute atomic E-state index is 12.6. The fourth-order valence-corrected chi connectivity index (χ4v) is 3.47. The van der Waals surface area contributed by atoms with Gasteiger partial charge in [0.15, 0.2) is 0 Å². The molecule has 1 aliphatic rings. The zero-order valence-corrected chi connectivity index (χ0v) is 16.4. The van der Waals surface area contributed by atoms with Crippen molar-refractivity contribution in [2.75, 3.05) is 0 Å². The van der Waals surface area contributed by atoms with Gasteiger partial charge in [0.2, 0.25) is 0 Å². The smallest absolute Gasteiger partial charge is 0.343 e. The summed E-state index contributed by atoms with van der Waals surface area (Å²) in [6, 6.07) is 15.4. The van der Waals surface area contributed by atoms with Gasteiger partial charge < -0.3 is 10.1 Å². The van der Waals surface area contributed by atoms with Crippen molar-refractivity contribution in [3.63, 3.8) is 0 Å². The zero-order valence-electron chi connectivity index (χ0n) is 16.4. The summed E-state index contributed by atoms with van der Waals surface area (Å²) in [6.07, 6.45) is 2.14. The molecular formula is C22H24N4O3. The molecule has 0 saturated carbocycles. The average Bonchev–Trinajstić information content (AvgIpc) is 2.96. The number of nitrogens with one attached hydrogen (secondary N) is 2. The van der Waals surface area contributed by atoms with Gasteiger partial charge in [-0.15, -0.1) is 0 Å². The molecule has 150 valence electrons. The van der Waals surface area contributed by atoms with Crippen molar-refractivity contribution in [3.8, 4) is 5.75 Å². The highest BCUT2D eigenvalue weighted by Crippen LogP contribution is 2.15. The van der Waals surface area contributed by atoms with Crippen LogP contribution in [0.1, 0.15) is 40.2 Å². The Hall–Kier alpha value is -3.35. The molecule has 1 amide bonds. The van der Waals surface area contributed by atoms with E-state index in [4.69, 9.17) is 4.74 Å². The van der Waals surface area contributed by atoms with Crippen molar-refractivity contribution in [1.82, 2.24) is 20.1 Å². The van der Waals surface area contributed by atoms with Gasteiger partial charge >= 0.3 is 5.69 Å². The Balaban J connectivity index is 1.31. The minimum atomic E-state index is -0.185. The number of benzene rings is 2. The molecule has 4 rings (SSSR count). The highest BCUT2D eigenvalue weighted by atomic mass is 16.5. The van der Waals surface area contributed by atoms with Crippen molar-refractivity contribution in [2.45, 2.75) is 45.4 Å². The maximum Gasteiger partial charge on any atom is 0.343 e. The number of ether oxygens (including phenoxy) is 1. The van der Waals surface area contributed by atoms with E-state index in [1.807, 2.05) is 55.5 Å². The first-order chi connectivity index (χ1) is 14.1. The zero-order chi connectivity index (χ0) is 20.2. The maximum atomic E-state index is 12.6. The average molecular weight is 392 g/mol. The highest BCUT2D eigenvalue weighted by molar-refractivity contribution is 5.94. The molecule has 2 heterocycles. The van der Waals surface area contributed by atoms with Gasteiger partial charge in [0.25, 0.3) is 5.91 Å². The summed E-state index contributed by atoms with van der Waals surface area (Å²) in [5.74, 6) is 1.48. The van der Waals surface area contributed by atoms with E-state index in [1.54, 1.807) is 4.57 Å². The minimum Gasteiger partial charge on any atom is -0.489 e. The fourth-order valence-electron chi connectivity index (χ4n) is 3.47. The standard InChI is InChI=1S/C22H24N4O3/c1-15-2-9-19(10-3-15)29-14-16-4-6-17(7-5-16)21(27)23-18-8-11-20-24-25-22(28)26(20)13-12-18/h2-7,9-10,18H,8,11-14H2,1H3,(H,23,27)(H,25,28). The normalized spacial score (nSPS) is 16.0. The molecule has 29 heavy (non-hydrogen) atoms. The van der Waals surface area contributed by atoms with Crippen LogP contribution in [0.2, 0.25) is 0 Å². The first-order valence-corrected chi connectivity index (χ1v) is 9.82. The van der Waals surface area contributed by atoms with Gasteiger partial charge in [-0.25, -0.2) is 9.89 Å². The van der Waals surface area contributed by atoms with E-state index in [2.05, 4.69) is 15.5 Å². The summed E-state index contributed by atoms with van der Waals surface area (Å²) in [6.45, 7) is 3.05. The van der Waals surface area contributed by atoms with Crippen molar-refractivity contribution in [2.24, 2.45) is 0 Å². The van der Waals surface area contributed by atoms with Crippen molar-refractivity contribution in [3.05, 3.63) is 81.5 Å². The molecule has 7 heteroatoms.